The van der Waals surface area contributed by atoms with Crippen molar-refractivity contribution >= 4 is 32.3 Å². The van der Waals surface area contributed by atoms with Gasteiger partial charge in [0.15, 0.2) is 0 Å². The molecule has 1 aromatic rings. The molecule has 0 nitrogen and oxygen atoms in total. The molecule has 0 saturated heterocycles. The van der Waals surface area contributed by atoms with E-state index in [-0.39, 0.29) is 10.9 Å². The number of hydrogen-bond donors (Lipinski definition) is 0. The van der Waals surface area contributed by atoms with Crippen LogP contribution in [0, 0.1) is 0 Å². The maximum absolute atomic E-state index is 5.81. The summed E-state index contributed by atoms with van der Waals surface area (Å²) in [5.74, 6) is 0. The van der Waals surface area contributed by atoms with Gasteiger partial charge in [-0.1, -0.05) is 0 Å². The van der Waals surface area contributed by atoms with Crippen molar-refractivity contribution < 1.29 is 16.3 Å². The standard InChI is InChI=1S/C6H5.Al.2ClH.Zr/c1-2-4-6-5-3-1;;;;/h1-5H;;2*1H;/q;;;;+2/p-2. The second-order valence-electron chi connectivity index (χ2n) is 1.84. The van der Waals surface area contributed by atoms with Gasteiger partial charge in [0.1, 0.15) is 0 Å². The van der Waals surface area contributed by atoms with E-state index in [1.54, 1.807) is 0 Å². The molecule has 0 spiro atoms. The molecule has 0 fully saturated rings. The molecule has 0 atom stereocenters. The first-order chi connectivity index (χ1) is 4.79. The van der Waals surface area contributed by atoms with E-state index in [1.165, 1.54) is 4.43 Å². The summed E-state index contributed by atoms with van der Waals surface area (Å²) in [6.45, 7) is 0. The summed E-state index contributed by atoms with van der Waals surface area (Å²) in [6.07, 6.45) is 0. The van der Waals surface area contributed by atoms with Crippen LogP contribution in [0.5, 0.6) is 0 Å². The Hall–Kier alpha value is 1.22. The van der Waals surface area contributed by atoms with Gasteiger partial charge >= 0.3 is 79.0 Å². The number of benzene rings is 1. The molecule has 0 bridgehead atoms. The Kier molecular flexibility index (Phi) is 4.62. The summed E-state index contributed by atoms with van der Waals surface area (Å²) in [4.78, 5) is 0. The van der Waals surface area contributed by atoms with Crippen molar-refractivity contribution in [2.24, 2.45) is 0 Å². The molecule has 4 heteroatoms. The van der Waals surface area contributed by atoms with Crippen molar-refractivity contribution in [2.75, 3.05) is 0 Å². The van der Waals surface area contributed by atoms with Crippen molar-refractivity contribution in [2.45, 2.75) is 0 Å². The van der Waals surface area contributed by atoms with Crippen LogP contribution < -0.4 is 4.43 Å². The Morgan fingerprint density at radius 1 is 1.10 bits per heavy atom. The van der Waals surface area contributed by atoms with Crippen LogP contribution in [0.1, 0.15) is 0 Å². The molecule has 0 aromatic heterocycles. The van der Waals surface area contributed by atoms with Crippen LogP contribution in [0.2, 0.25) is 0 Å². The molecule has 1 aromatic carbocycles. The molecule has 50 valence electrons. The average molecular weight is 266 g/mol. The van der Waals surface area contributed by atoms with Gasteiger partial charge in [0.2, 0.25) is 0 Å². The predicted molar refractivity (Wildman–Crippen MR) is 43.5 cm³/mol. The molecule has 0 heterocycles. The van der Waals surface area contributed by atoms with Gasteiger partial charge in [0, 0.05) is 0 Å². The van der Waals surface area contributed by atoms with Gasteiger partial charge in [0.25, 0.3) is 0 Å². The third-order valence-corrected chi connectivity index (χ3v) is 9.95. The topological polar surface area (TPSA) is 0 Å². The normalized spacial score (nSPS) is 8.60. The van der Waals surface area contributed by atoms with E-state index < -0.39 is 16.3 Å². The van der Waals surface area contributed by atoms with Crippen LogP contribution in [-0.2, 0) is 16.3 Å². The predicted octanol–water partition coefficient (Wildman–Crippen LogP) is 1.86. The zero-order valence-corrected chi connectivity index (χ0v) is 10.3. The average Bonchev–Trinajstić information content (AvgIpc) is 1.88. The summed E-state index contributed by atoms with van der Waals surface area (Å²) in [7, 11) is 11.8. The number of rotatable bonds is 1. The second kappa shape index (κ2) is 4.97. The van der Waals surface area contributed by atoms with E-state index in [0.29, 0.717) is 0 Å². The van der Waals surface area contributed by atoms with E-state index in [4.69, 9.17) is 17.0 Å². The number of hydrogen-bond acceptors (Lipinski definition) is 0. The van der Waals surface area contributed by atoms with Gasteiger partial charge in [-0.05, 0) is 0 Å². The van der Waals surface area contributed by atoms with E-state index in [1.807, 2.05) is 18.2 Å². The van der Waals surface area contributed by atoms with E-state index in [2.05, 4.69) is 12.1 Å². The Morgan fingerprint density at radius 2 is 1.70 bits per heavy atom. The van der Waals surface area contributed by atoms with Crippen LogP contribution in [0.3, 0.4) is 0 Å². The van der Waals surface area contributed by atoms with Gasteiger partial charge in [-0.25, -0.2) is 0 Å². The van der Waals surface area contributed by atoms with Gasteiger partial charge in [-0.2, -0.15) is 0 Å². The van der Waals surface area contributed by atoms with E-state index in [9.17, 15) is 0 Å². The van der Waals surface area contributed by atoms with Crippen molar-refractivity contribution in [3.05, 3.63) is 30.3 Å². The fourth-order valence-electron chi connectivity index (χ4n) is 0.675. The van der Waals surface area contributed by atoms with Gasteiger partial charge in [0.05, 0.1) is 0 Å². The molecule has 0 N–H and O–H groups in total. The van der Waals surface area contributed by atoms with Crippen molar-refractivity contribution in [3.63, 3.8) is 0 Å². The summed E-state index contributed by atoms with van der Waals surface area (Å²) < 4.78 is 1.35. The molecule has 10 heavy (non-hydrogen) atoms. The first kappa shape index (κ1) is 9.30. The van der Waals surface area contributed by atoms with Gasteiger partial charge in [-0.3, -0.25) is 0 Å². The maximum atomic E-state index is 5.81. The monoisotopic (exact) mass is 264 g/mol. The Balaban J connectivity index is 2.87. The molecule has 0 aliphatic carbocycles. The molecule has 0 amide bonds. The third-order valence-electron chi connectivity index (χ3n) is 1.08. The van der Waals surface area contributed by atoms with Crippen molar-refractivity contribution in [3.8, 4) is 0 Å². The van der Waals surface area contributed by atoms with E-state index in [0.717, 1.165) is 0 Å². The van der Waals surface area contributed by atoms with Crippen LogP contribution >= 0.6 is 17.0 Å². The first-order valence-electron chi connectivity index (χ1n) is 2.87. The molecule has 0 radical (unpaired) electrons. The van der Waals surface area contributed by atoms with Crippen LogP contribution in [0.4, 0.5) is 0 Å². The number of halogens is 2. The Labute approximate surface area is 78.1 Å². The van der Waals surface area contributed by atoms with E-state index >= 15 is 0 Å². The third kappa shape index (κ3) is 3.56. The molecule has 0 saturated carbocycles. The second-order valence-corrected chi connectivity index (χ2v) is 20.1. The zero-order chi connectivity index (χ0) is 7.40. The fourth-order valence-corrected chi connectivity index (χ4v) is 9.09. The quantitative estimate of drug-likeness (QED) is 0.681. The molecular formula is C6H5AlCl2Zr. The van der Waals surface area contributed by atoms with Crippen molar-refractivity contribution in [1.29, 1.82) is 0 Å². The molecule has 0 unspecified atom stereocenters. The molecule has 0 aliphatic rings. The Bertz CT molecular complexity index is 231. The van der Waals surface area contributed by atoms with Crippen LogP contribution in [0.15, 0.2) is 30.3 Å². The summed E-state index contributed by atoms with van der Waals surface area (Å²) in [5.41, 5.74) is 0. The van der Waals surface area contributed by atoms with Crippen LogP contribution in [0.25, 0.3) is 0 Å². The minimum absolute atomic E-state index is 0.220. The van der Waals surface area contributed by atoms with Gasteiger partial charge in [-0.15, -0.1) is 0 Å². The first-order valence-corrected chi connectivity index (χ1v) is 14.6. The van der Waals surface area contributed by atoms with Crippen LogP contribution in [-0.4, -0.2) is 10.9 Å². The summed E-state index contributed by atoms with van der Waals surface area (Å²) in [6, 6.07) is 10.3. The molecular weight excluding hydrogens is 261 g/mol. The summed E-state index contributed by atoms with van der Waals surface area (Å²) in [5, 5.41) is 0. The summed E-state index contributed by atoms with van der Waals surface area (Å²) >= 11 is -1.85. The molecule has 1 rings (SSSR count). The fraction of sp³-hybridized carbons (Fsp3) is 0. The minimum atomic E-state index is -1.85. The van der Waals surface area contributed by atoms with Gasteiger partial charge < -0.3 is 0 Å². The van der Waals surface area contributed by atoms with Crippen molar-refractivity contribution in [1.82, 2.24) is 0 Å². The zero-order valence-electron chi connectivity index (χ0n) is 5.22. The Morgan fingerprint density at radius 3 is 2.20 bits per heavy atom. The molecule has 0 aliphatic heterocycles. The SMILES string of the molecule is [Cl][Zr]([Cl])=[Al][c]1ccccc1.